The third-order valence-corrected chi connectivity index (χ3v) is 0.366. The first-order valence-corrected chi connectivity index (χ1v) is 2.21. The fourth-order valence-electron chi connectivity index (χ4n) is 0. The van der Waals surface area contributed by atoms with Crippen molar-refractivity contribution >= 4 is 23.9 Å². The molecule has 0 fully saturated rings. The van der Waals surface area contributed by atoms with Crippen molar-refractivity contribution in [2.24, 2.45) is 0 Å². The van der Waals surface area contributed by atoms with Gasteiger partial charge in [-0.25, -0.2) is 19.2 Å². The Hall–Kier alpha value is -2.12. The van der Waals surface area contributed by atoms with Gasteiger partial charge in [-0.3, -0.25) is 0 Å². The van der Waals surface area contributed by atoms with E-state index in [1.54, 1.807) is 0 Å². The van der Waals surface area contributed by atoms with Crippen LogP contribution in [0.25, 0.3) is 0 Å². The van der Waals surface area contributed by atoms with Crippen molar-refractivity contribution in [2.45, 2.75) is 0 Å². The Morgan fingerprint density at radius 1 is 0.500 bits per heavy atom. The second-order valence-electron chi connectivity index (χ2n) is 1.22. The number of carbonyl (C=O) groups is 4. The van der Waals surface area contributed by atoms with Crippen molar-refractivity contribution < 1.29 is 39.6 Å². The predicted octanol–water partition coefficient (Wildman–Crippen LogP) is -1.69. The van der Waals surface area contributed by atoms with Crippen LogP contribution >= 0.6 is 0 Å². The van der Waals surface area contributed by atoms with Gasteiger partial charge in [-0.05, 0) is 0 Å². The fourth-order valence-corrected chi connectivity index (χ4v) is 0. The summed E-state index contributed by atoms with van der Waals surface area (Å²) in [7, 11) is 0. The largest absolute Gasteiger partial charge is 0.473 e. The molecule has 0 aromatic heterocycles. The molecule has 0 amide bonds. The number of carboxylic acids is 4. The lowest BCUT2D eigenvalue weighted by atomic mass is 10.7. The van der Waals surface area contributed by atoms with Crippen molar-refractivity contribution in [3.05, 3.63) is 0 Å². The van der Waals surface area contributed by atoms with E-state index in [1.165, 1.54) is 0 Å². The maximum absolute atomic E-state index is 9.10. The van der Waals surface area contributed by atoms with Gasteiger partial charge in [0.2, 0.25) is 0 Å². The fraction of sp³-hybridized carbons (Fsp3) is 0. The van der Waals surface area contributed by atoms with Gasteiger partial charge in [0, 0.05) is 0 Å². The van der Waals surface area contributed by atoms with Crippen LogP contribution in [-0.4, -0.2) is 44.3 Å². The summed E-state index contributed by atoms with van der Waals surface area (Å²) in [5, 5.41) is 29.6. The van der Waals surface area contributed by atoms with E-state index in [-0.39, 0.29) is 0 Å². The number of carboxylic acid groups (broad SMARTS) is 4. The molecule has 0 saturated heterocycles. The Kier molecular flexibility index (Phi) is 5.91. The molecular formula is C4H4O8. The van der Waals surface area contributed by atoms with Crippen LogP contribution < -0.4 is 0 Å². The van der Waals surface area contributed by atoms with Crippen LogP contribution in [0.1, 0.15) is 0 Å². The van der Waals surface area contributed by atoms with Crippen LogP contribution in [0.4, 0.5) is 0 Å². The van der Waals surface area contributed by atoms with Crippen molar-refractivity contribution in [2.75, 3.05) is 0 Å². The summed E-state index contributed by atoms with van der Waals surface area (Å²) >= 11 is 0. The quantitative estimate of drug-likeness (QED) is 0.322. The van der Waals surface area contributed by atoms with E-state index in [1.807, 2.05) is 0 Å². The molecular weight excluding hydrogens is 176 g/mol. The number of rotatable bonds is 0. The van der Waals surface area contributed by atoms with E-state index < -0.39 is 23.9 Å². The van der Waals surface area contributed by atoms with Crippen LogP contribution in [0, 0.1) is 0 Å². The van der Waals surface area contributed by atoms with Crippen LogP contribution in [0.2, 0.25) is 0 Å². The first kappa shape index (κ1) is 12.5. The van der Waals surface area contributed by atoms with Crippen LogP contribution in [0.5, 0.6) is 0 Å². The molecule has 4 N–H and O–H groups in total. The molecule has 12 heavy (non-hydrogen) atoms. The molecule has 0 rings (SSSR count). The van der Waals surface area contributed by atoms with Crippen LogP contribution in [-0.2, 0) is 19.2 Å². The molecule has 0 saturated carbocycles. The van der Waals surface area contributed by atoms with Crippen molar-refractivity contribution in [3.63, 3.8) is 0 Å². The molecule has 68 valence electrons. The predicted molar refractivity (Wildman–Crippen MR) is 30.5 cm³/mol. The maximum Gasteiger partial charge on any atom is 0.414 e. The van der Waals surface area contributed by atoms with Gasteiger partial charge < -0.3 is 20.4 Å². The Morgan fingerprint density at radius 2 is 0.583 bits per heavy atom. The van der Waals surface area contributed by atoms with Gasteiger partial charge in [0.25, 0.3) is 0 Å². The Bertz CT molecular complexity index is 167. The maximum atomic E-state index is 9.10. The van der Waals surface area contributed by atoms with Crippen LogP contribution in [0.15, 0.2) is 0 Å². The highest BCUT2D eigenvalue weighted by molar-refractivity contribution is 6.27. The Balaban J connectivity index is 0. The molecule has 0 aliphatic rings. The first-order chi connectivity index (χ1) is 5.29. The molecule has 0 radical (unpaired) electrons. The SMILES string of the molecule is O=C(O)C(=O)O.O=C(O)C(=O)O. The molecule has 8 heteroatoms. The minimum absolute atomic E-state index is 1.82. The lowest BCUT2D eigenvalue weighted by Crippen LogP contribution is -2.09. The second-order valence-corrected chi connectivity index (χ2v) is 1.22. The zero-order chi connectivity index (χ0) is 10.3. The van der Waals surface area contributed by atoms with E-state index in [0.29, 0.717) is 0 Å². The Labute approximate surface area is 64.7 Å². The molecule has 8 nitrogen and oxygen atoms in total. The first-order valence-electron chi connectivity index (χ1n) is 2.21. The average molecular weight is 180 g/mol. The minimum atomic E-state index is -1.82. The summed E-state index contributed by atoms with van der Waals surface area (Å²) in [6.07, 6.45) is 0. The highest BCUT2D eigenvalue weighted by Gasteiger charge is 2.04. The van der Waals surface area contributed by atoms with Gasteiger partial charge in [0.15, 0.2) is 0 Å². The summed E-state index contributed by atoms with van der Waals surface area (Å²) in [6.45, 7) is 0. The van der Waals surface area contributed by atoms with Gasteiger partial charge >= 0.3 is 23.9 Å². The van der Waals surface area contributed by atoms with E-state index in [9.17, 15) is 0 Å². The highest BCUT2D eigenvalue weighted by Crippen LogP contribution is 1.56. The standard InChI is InChI=1S/2C2H2O4/c2*3-1(4)2(5)6/h2*(H,3,4)(H,5,6). The second kappa shape index (κ2) is 5.65. The molecule has 0 unspecified atom stereocenters. The van der Waals surface area contributed by atoms with E-state index in [0.717, 1.165) is 0 Å². The normalized spacial score (nSPS) is 7.33. The minimum Gasteiger partial charge on any atom is -0.473 e. The molecule has 0 atom stereocenters. The smallest absolute Gasteiger partial charge is 0.414 e. The van der Waals surface area contributed by atoms with Gasteiger partial charge in [-0.1, -0.05) is 0 Å². The van der Waals surface area contributed by atoms with Crippen molar-refractivity contribution in [1.29, 1.82) is 0 Å². The van der Waals surface area contributed by atoms with E-state index in [2.05, 4.69) is 0 Å². The molecule has 0 spiro atoms. The van der Waals surface area contributed by atoms with Crippen LogP contribution in [0.3, 0.4) is 0 Å². The summed E-state index contributed by atoms with van der Waals surface area (Å²) in [5.74, 6) is -7.30. The van der Waals surface area contributed by atoms with E-state index >= 15 is 0 Å². The third-order valence-electron chi connectivity index (χ3n) is 0.366. The number of hydrogen-bond donors (Lipinski definition) is 4. The van der Waals surface area contributed by atoms with Gasteiger partial charge in [-0.2, -0.15) is 0 Å². The van der Waals surface area contributed by atoms with Gasteiger partial charge in [0.1, 0.15) is 0 Å². The lowest BCUT2D eigenvalue weighted by Gasteiger charge is -1.72. The van der Waals surface area contributed by atoms with E-state index in [4.69, 9.17) is 39.6 Å². The molecule has 0 heterocycles. The topological polar surface area (TPSA) is 149 Å². The Morgan fingerprint density at radius 3 is 0.583 bits per heavy atom. The molecule has 0 aromatic carbocycles. The van der Waals surface area contributed by atoms with Crippen molar-refractivity contribution in [1.82, 2.24) is 0 Å². The molecule has 0 aromatic rings. The monoisotopic (exact) mass is 180 g/mol. The molecule has 0 aliphatic carbocycles. The summed E-state index contributed by atoms with van der Waals surface area (Å²) < 4.78 is 0. The zero-order valence-electron chi connectivity index (χ0n) is 5.42. The average Bonchev–Trinajstić information content (AvgIpc) is 1.88. The summed E-state index contributed by atoms with van der Waals surface area (Å²) in [4.78, 5) is 36.4. The summed E-state index contributed by atoms with van der Waals surface area (Å²) in [5.41, 5.74) is 0. The number of hydrogen-bond acceptors (Lipinski definition) is 4. The number of aliphatic carboxylic acids is 4. The summed E-state index contributed by atoms with van der Waals surface area (Å²) in [6, 6.07) is 0. The van der Waals surface area contributed by atoms with Crippen molar-refractivity contribution in [3.8, 4) is 0 Å². The van der Waals surface area contributed by atoms with Gasteiger partial charge in [0.05, 0.1) is 0 Å². The molecule has 0 aliphatic heterocycles. The zero-order valence-corrected chi connectivity index (χ0v) is 5.42. The van der Waals surface area contributed by atoms with Gasteiger partial charge in [-0.15, -0.1) is 0 Å². The third kappa shape index (κ3) is 10.8. The highest BCUT2D eigenvalue weighted by atomic mass is 16.4. The molecule has 0 bridgehead atoms. The lowest BCUT2D eigenvalue weighted by molar-refractivity contribution is -0.159.